The van der Waals surface area contributed by atoms with Gasteiger partial charge >= 0.3 is 0 Å². The smallest absolute Gasteiger partial charge is 0.251 e. The number of halogens is 1. The van der Waals surface area contributed by atoms with Crippen molar-refractivity contribution in [3.8, 4) is 0 Å². The second kappa shape index (κ2) is 5.42. The number of nitrogens with zero attached hydrogens (tertiary/aromatic N) is 1. The molecule has 0 unspecified atom stereocenters. The molecule has 3 nitrogen and oxygen atoms in total. The third-order valence-corrected chi connectivity index (χ3v) is 3.55. The normalized spacial score (nSPS) is 10.2. The van der Waals surface area contributed by atoms with Gasteiger partial charge in [-0.05, 0) is 31.2 Å². The van der Waals surface area contributed by atoms with Crippen molar-refractivity contribution in [1.82, 2.24) is 10.3 Å². The number of aromatic nitrogens is 1. The summed E-state index contributed by atoms with van der Waals surface area (Å²) in [6.45, 7) is 2.42. The van der Waals surface area contributed by atoms with Crippen LogP contribution in [-0.2, 0) is 6.54 Å². The number of carbonyl (C=O) groups excluding carboxylic acids is 1. The molecule has 1 heterocycles. The number of aryl methyl sites for hydroxylation is 1. The van der Waals surface area contributed by atoms with Crippen LogP contribution in [0, 0.1) is 6.92 Å². The first-order valence-corrected chi connectivity index (χ1v) is 6.77. The van der Waals surface area contributed by atoms with Crippen LogP contribution in [0.15, 0.2) is 34.1 Å². The molecular formula is C12H11BrN2OS. The fourth-order valence-corrected chi connectivity index (χ4v) is 2.24. The summed E-state index contributed by atoms with van der Waals surface area (Å²) in [6, 6.07) is 7.27. The summed E-state index contributed by atoms with van der Waals surface area (Å²) in [5.41, 5.74) is 1.55. The Bertz CT molecular complexity index is 522. The molecule has 0 fully saturated rings. The van der Waals surface area contributed by atoms with Gasteiger partial charge in [0, 0.05) is 15.4 Å². The molecular weight excluding hydrogens is 300 g/mol. The van der Waals surface area contributed by atoms with Gasteiger partial charge < -0.3 is 5.32 Å². The average Bonchev–Trinajstić information content (AvgIpc) is 2.73. The van der Waals surface area contributed by atoms with Gasteiger partial charge in [0.15, 0.2) is 0 Å². The first-order valence-electron chi connectivity index (χ1n) is 5.10. The molecule has 0 atom stereocenters. The minimum Gasteiger partial charge on any atom is -0.346 e. The summed E-state index contributed by atoms with van der Waals surface area (Å²) >= 11 is 4.92. The number of hydrogen-bond donors (Lipinski definition) is 1. The Labute approximate surface area is 112 Å². The van der Waals surface area contributed by atoms with Crippen molar-refractivity contribution in [3.63, 3.8) is 0 Å². The molecule has 1 amide bonds. The monoisotopic (exact) mass is 310 g/mol. The van der Waals surface area contributed by atoms with Gasteiger partial charge in [-0.1, -0.05) is 15.9 Å². The van der Waals surface area contributed by atoms with E-state index in [2.05, 4.69) is 26.2 Å². The Balaban J connectivity index is 1.95. The molecule has 1 aromatic heterocycles. The van der Waals surface area contributed by atoms with E-state index in [1.807, 2.05) is 24.4 Å². The van der Waals surface area contributed by atoms with E-state index in [9.17, 15) is 4.79 Å². The highest BCUT2D eigenvalue weighted by Gasteiger charge is 2.05. The SMILES string of the molecule is Cc1nc(CNC(=O)c2ccc(Br)cc2)cs1. The van der Waals surface area contributed by atoms with E-state index >= 15 is 0 Å². The van der Waals surface area contributed by atoms with Crippen molar-refractivity contribution in [2.24, 2.45) is 0 Å². The van der Waals surface area contributed by atoms with E-state index in [1.54, 1.807) is 23.5 Å². The molecule has 1 N–H and O–H groups in total. The molecule has 0 aliphatic carbocycles. The van der Waals surface area contributed by atoms with Crippen LogP contribution in [0.25, 0.3) is 0 Å². The molecule has 0 spiro atoms. The minimum atomic E-state index is -0.0804. The Morgan fingerprint density at radius 1 is 1.41 bits per heavy atom. The van der Waals surface area contributed by atoms with Crippen LogP contribution in [0.3, 0.4) is 0 Å². The summed E-state index contributed by atoms with van der Waals surface area (Å²) < 4.78 is 0.962. The molecule has 1 aromatic carbocycles. The van der Waals surface area contributed by atoms with Gasteiger partial charge in [-0.25, -0.2) is 4.98 Å². The summed E-state index contributed by atoms with van der Waals surface area (Å²) in [5, 5.41) is 5.81. The molecule has 0 saturated carbocycles. The van der Waals surface area contributed by atoms with Crippen LogP contribution in [0.5, 0.6) is 0 Å². The Morgan fingerprint density at radius 3 is 2.71 bits per heavy atom. The van der Waals surface area contributed by atoms with Gasteiger partial charge in [-0.3, -0.25) is 4.79 Å². The second-order valence-electron chi connectivity index (χ2n) is 3.55. The van der Waals surface area contributed by atoms with E-state index in [1.165, 1.54) is 0 Å². The van der Waals surface area contributed by atoms with Gasteiger partial charge in [0.05, 0.1) is 17.2 Å². The van der Waals surface area contributed by atoms with Crippen LogP contribution in [0.1, 0.15) is 21.1 Å². The topological polar surface area (TPSA) is 42.0 Å². The number of amides is 1. The molecule has 5 heteroatoms. The predicted octanol–water partition coefficient (Wildman–Crippen LogP) is 3.14. The Kier molecular flexibility index (Phi) is 3.91. The number of benzene rings is 1. The summed E-state index contributed by atoms with van der Waals surface area (Å²) in [5.74, 6) is -0.0804. The molecule has 0 radical (unpaired) electrons. The Morgan fingerprint density at radius 2 is 2.12 bits per heavy atom. The highest BCUT2D eigenvalue weighted by molar-refractivity contribution is 9.10. The van der Waals surface area contributed by atoms with Crippen LogP contribution < -0.4 is 5.32 Å². The zero-order valence-corrected chi connectivity index (χ0v) is 11.6. The van der Waals surface area contributed by atoms with Gasteiger partial charge in [-0.2, -0.15) is 0 Å². The van der Waals surface area contributed by atoms with Gasteiger partial charge in [-0.15, -0.1) is 11.3 Å². The minimum absolute atomic E-state index is 0.0804. The number of carbonyl (C=O) groups is 1. The summed E-state index contributed by atoms with van der Waals surface area (Å²) in [4.78, 5) is 16.1. The molecule has 2 aromatic rings. The molecule has 0 saturated heterocycles. The van der Waals surface area contributed by atoms with Crippen molar-refractivity contribution in [1.29, 1.82) is 0 Å². The van der Waals surface area contributed by atoms with Crippen molar-refractivity contribution >= 4 is 33.2 Å². The second-order valence-corrected chi connectivity index (χ2v) is 5.53. The van der Waals surface area contributed by atoms with Crippen molar-refractivity contribution < 1.29 is 4.79 Å². The molecule has 17 heavy (non-hydrogen) atoms. The standard InChI is InChI=1S/C12H11BrN2OS/c1-8-15-11(7-17-8)6-14-12(16)9-2-4-10(13)5-3-9/h2-5,7H,6H2,1H3,(H,14,16). The summed E-state index contributed by atoms with van der Waals surface area (Å²) in [6.07, 6.45) is 0. The zero-order chi connectivity index (χ0) is 12.3. The van der Waals surface area contributed by atoms with Crippen molar-refractivity contribution in [3.05, 3.63) is 50.4 Å². The lowest BCUT2D eigenvalue weighted by atomic mass is 10.2. The maximum Gasteiger partial charge on any atom is 0.251 e. The third-order valence-electron chi connectivity index (χ3n) is 2.20. The number of rotatable bonds is 3. The maximum absolute atomic E-state index is 11.8. The largest absolute Gasteiger partial charge is 0.346 e. The number of nitrogens with one attached hydrogen (secondary N) is 1. The zero-order valence-electron chi connectivity index (χ0n) is 9.24. The maximum atomic E-state index is 11.8. The molecule has 88 valence electrons. The van der Waals surface area contributed by atoms with Crippen molar-refractivity contribution in [2.45, 2.75) is 13.5 Å². The lowest BCUT2D eigenvalue weighted by Crippen LogP contribution is -2.22. The highest BCUT2D eigenvalue weighted by atomic mass is 79.9. The van der Waals surface area contributed by atoms with E-state index in [-0.39, 0.29) is 5.91 Å². The van der Waals surface area contributed by atoms with E-state index in [0.717, 1.165) is 15.2 Å². The quantitative estimate of drug-likeness (QED) is 0.946. The molecule has 0 aliphatic rings. The lowest BCUT2D eigenvalue weighted by molar-refractivity contribution is 0.0950. The van der Waals surface area contributed by atoms with E-state index < -0.39 is 0 Å². The first-order chi connectivity index (χ1) is 8.15. The van der Waals surface area contributed by atoms with Gasteiger partial charge in [0.25, 0.3) is 5.91 Å². The highest BCUT2D eigenvalue weighted by Crippen LogP contribution is 2.11. The Hall–Kier alpha value is -1.20. The van der Waals surface area contributed by atoms with Crippen LogP contribution >= 0.6 is 27.3 Å². The van der Waals surface area contributed by atoms with Crippen LogP contribution in [0.2, 0.25) is 0 Å². The van der Waals surface area contributed by atoms with Crippen LogP contribution in [-0.4, -0.2) is 10.9 Å². The average molecular weight is 311 g/mol. The van der Waals surface area contributed by atoms with Crippen molar-refractivity contribution in [2.75, 3.05) is 0 Å². The van der Waals surface area contributed by atoms with Gasteiger partial charge in [0.2, 0.25) is 0 Å². The molecule has 0 bridgehead atoms. The summed E-state index contributed by atoms with van der Waals surface area (Å²) in [7, 11) is 0. The third kappa shape index (κ3) is 3.38. The molecule has 0 aliphatic heterocycles. The van der Waals surface area contributed by atoms with Gasteiger partial charge in [0.1, 0.15) is 0 Å². The number of hydrogen-bond acceptors (Lipinski definition) is 3. The first kappa shape index (κ1) is 12.3. The fraction of sp³-hybridized carbons (Fsp3) is 0.167. The van der Waals surface area contributed by atoms with E-state index in [4.69, 9.17) is 0 Å². The fourth-order valence-electron chi connectivity index (χ4n) is 1.36. The van der Waals surface area contributed by atoms with E-state index in [0.29, 0.717) is 12.1 Å². The van der Waals surface area contributed by atoms with Crippen LogP contribution in [0.4, 0.5) is 0 Å². The number of thiazole rings is 1. The predicted molar refractivity (Wildman–Crippen MR) is 72.2 cm³/mol. The molecule has 2 rings (SSSR count). The lowest BCUT2D eigenvalue weighted by Gasteiger charge is -2.03.